The second-order valence-electron chi connectivity index (χ2n) is 8.35. The normalized spacial score (nSPS) is 11.1. The van der Waals surface area contributed by atoms with E-state index < -0.39 is 11.9 Å². The number of aliphatic carboxylic acids is 1. The number of hydrogen-bond acceptors (Lipinski definition) is 14. The Morgan fingerprint density at radius 3 is 1.07 bits per heavy atom. The summed E-state index contributed by atoms with van der Waals surface area (Å²) >= 11 is 0. The predicted molar refractivity (Wildman–Crippen MR) is 146 cm³/mol. The van der Waals surface area contributed by atoms with Gasteiger partial charge in [0.15, 0.2) is 0 Å². The lowest BCUT2D eigenvalue weighted by molar-refractivity contribution is -0.146. The van der Waals surface area contributed by atoms with Gasteiger partial charge in [-0.1, -0.05) is 0 Å². The summed E-state index contributed by atoms with van der Waals surface area (Å²) in [4.78, 5) is 32.7. The van der Waals surface area contributed by atoms with Gasteiger partial charge >= 0.3 is 17.9 Å². The van der Waals surface area contributed by atoms with Crippen molar-refractivity contribution in [1.29, 1.82) is 0 Å². The summed E-state index contributed by atoms with van der Waals surface area (Å²) < 4.78 is 57.6. The molecule has 0 aromatic heterocycles. The third-order valence-corrected chi connectivity index (χ3v) is 4.94. The van der Waals surface area contributed by atoms with Gasteiger partial charge in [0.05, 0.1) is 119 Å². The number of carbonyl (C=O) groups excluding carboxylic acids is 2. The zero-order valence-corrected chi connectivity index (χ0v) is 24.9. The van der Waals surface area contributed by atoms with E-state index in [1.54, 1.807) is 0 Å². The van der Waals surface area contributed by atoms with Crippen LogP contribution in [0.3, 0.4) is 0 Å². The third kappa shape index (κ3) is 34.3. The summed E-state index contributed by atoms with van der Waals surface area (Å²) in [5.74, 6) is -1.63. The van der Waals surface area contributed by atoms with Gasteiger partial charge < -0.3 is 57.2 Å². The Morgan fingerprint density at radius 1 is 0.429 bits per heavy atom. The van der Waals surface area contributed by atoms with Gasteiger partial charge in [-0.3, -0.25) is 9.59 Å². The van der Waals surface area contributed by atoms with Crippen molar-refractivity contribution in [3.05, 3.63) is 0 Å². The largest absolute Gasteiger partial charge is 0.481 e. The molecule has 0 rings (SSSR count). The van der Waals surface area contributed by atoms with Crippen molar-refractivity contribution in [3.8, 4) is 0 Å². The number of ether oxygens (including phenoxy) is 11. The van der Waals surface area contributed by atoms with E-state index in [9.17, 15) is 14.4 Å². The molecule has 0 atom stereocenters. The van der Waals surface area contributed by atoms with Gasteiger partial charge in [0, 0.05) is 12.8 Å². The molecule has 0 bridgehead atoms. The molecule has 0 saturated carbocycles. The van der Waals surface area contributed by atoms with E-state index in [1.165, 1.54) is 7.11 Å². The van der Waals surface area contributed by atoms with Crippen LogP contribution < -0.4 is 0 Å². The first-order valence-electron chi connectivity index (χ1n) is 14.2. The van der Waals surface area contributed by atoms with E-state index >= 15 is 0 Å². The molecule has 0 fully saturated rings. The van der Waals surface area contributed by atoms with Crippen LogP contribution in [0.15, 0.2) is 0 Å². The predicted octanol–water partition coefficient (Wildman–Crippen LogP) is 0.497. The second-order valence-corrected chi connectivity index (χ2v) is 8.35. The van der Waals surface area contributed by atoms with E-state index in [0.717, 1.165) is 0 Å². The maximum atomic E-state index is 11.5. The molecule has 0 aliphatic rings. The van der Waals surface area contributed by atoms with Gasteiger partial charge in [-0.2, -0.15) is 0 Å². The molecular formula is C27H50O15. The second kappa shape index (κ2) is 33.6. The summed E-state index contributed by atoms with van der Waals surface area (Å²) in [5, 5.41) is 8.53. The van der Waals surface area contributed by atoms with Crippen molar-refractivity contribution in [3.63, 3.8) is 0 Å². The summed E-state index contributed by atoms with van der Waals surface area (Å²) in [7, 11) is 1.31. The molecule has 42 heavy (non-hydrogen) atoms. The molecule has 0 aliphatic carbocycles. The van der Waals surface area contributed by atoms with Gasteiger partial charge in [-0.05, 0) is 12.8 Å². The van der Waals surface area contributed by atoms with Gasteiger partial charge in [0.1, 0.15) is 13.2 Å². The summed E-state index contributed by atoms with van der Waals surface area (Å²) in [5.41, 5.74) is 0. The van der Waals surface area contributed by atoms with Gasteiger partial charge in [0.2, 0.25) is 0 Å². The molecule has 0 spiro atoms. The molecule has 0 amide bonds. The zero-order chi connectivity index (χ0) is 30.8. The Bertz CT molecular complexity index is 620. The van der Waals surface area contributed by atoms with Crippen molar-refractivity contribution >= 4 is 17.9 Å². The highest BCUT2D eigenvalue weighted by atomic mass is 16.6. The van der Waals surface area contributed by atoms with E-state index in [1.807, 2.05) is 0 Å². The van der Waals surface area contributed by atoms with Gasteiger partial charge in [-0.25, -0.2) is 4.79 Å². The first kappa shape index (κ1) is 40.1. The number of esters is 2. The summed E-state index contributed by atoms with van der Waals surface area (Å²) in [6, 6.07) is 0. The van der Waals surface area contributed by atoms with E-state index in [2.05, 4.69) is 4.74 Å². The van der Waals surface area contributed by atoms with Crippen LogP contribution in [0.25, 0.3) is 0 Å². The van der Waals surface area contributed by atoms with E-state index in [0.29, 0.717) is 119 Å². The fraction of sp³-hybridized carbons (Fsp3) is 0.889. The molecule has 1 N–H and O–H groups in total. The van der Waals surface area contributed by atoms with Crippen molar-refractivity contribution in [2.75, 3.05) is 133 Å². The maximum Gasteiger partial charge on any atom is 0.331 e. The Morgan fingerprint density at radius 2 is 0.738 bits per heavy atom. The number of hydrogen-bond donors (Lipinski definition) is 1. The Labute approximate surface area is 248 Å². The average molecular weight is 615 g/mol. The number of rotatable bonds is 34. The highest BCUT2D eigenvalue weighted by Gasteiger charge is 2.04. The smallest absolute Gasteiger partial charge is 0.331 e. The monoisotopic (exact) mass is 614 g/mol. The third-order valence-electron chi connectivity index (χ3n) is 4.94. The fourth-order valence-electron chi connectivity index (χ4n) is 2.81. The van der Waals surface area contributed by atoms with Crippen molar-refractivity contribution in [1.82, 2.24) is 0 Å². The van der Waals surface area contributed by atoms with Crippen molar-refractivity contribution in [2.24, 2.45) is 0 Å². The number of carboxylic acid groups (broad SMARTS) is 1. The molecule has 15 nitrogen and oxygen atoms in total. The SMILES string of the molecule is COC(=O)COCCOCCOCCOCCOCCOCCOCCOCCOCCOC(=O)CCCCC(=O)O. The Hall–Kier alpha value is -1.95. The highest BCUT2D eigenvalue weighted by Crippen LogP contribution is 2.01. The van der Waals surface area contributed by atoms with Crippen LogP contribution in [0.1, 0.15) is 25.7 Å². The quantitative estimate of drug-likeness (QED) is 0.0783. The molecule has 0 radical (unpaired) electrons. The fourth-order valence-corrected chi connectivity index (χ4v) is 2.81. The highest BCUT2D eigenvalue weighted by molar-refractivity contribution is 5.70. The molecule has 0 saturated heterocycles. The molecule has 248 valence electrons. The lowest BCUT2D eigenvalue weighted by Gasteiger charge is -2.09. The van der Waals surface area contributed by atoms with Gasteiger partial charge in [0.25, 0.3) is 0 Å². The van der Waals surface area contributed by atoms with Gasteiger partial charge in [-0.15, -0.1) is 0 Å². The minimum Gasteiger partial charge on any atom is -0.481 e. The first-order valence-corrected chi connectivity index (χ1v) is 14.2. The minimum atomic E-state index is -0.866. The molecule has 0 unspecified atom stereocenters. The van der Waals surface area contributed by atoms with Crippen LogP contribution in [0, 0.1) is 0 Å². The molecular weight excluding hydrogens is 564 g/mol. The number of carboxylic acids is 1. The molecule has 0 aromatic rings. The number of methoxy groups -OCH3 is 1. The summed E-state index contributed by atoms with van der Waals surface area (Å²) in [6.45, 7) is 7.33. The van der Waals surface area contributed by atoms with Crippen molar-refractivity contribution in [2.45, 2.75) is 25.7 Å². The van der Waals surface area contributed by atoms with Crippen LogP contribution in [0.5, 0.6) is 0 Å². The minimum absolute atomic E-state index is 0.0575. The van der Waals surface area contributed by atoms with Crippen LogP contribution in [0.2, 0.25) is 0 Å². The lowest BCUT2D eigenvalue weighted by Crippen LogP contribution is -2.16. The lowest BCUT2D eigenvalue weighted by atomic mass is 10.2. The maximum absolute atomic E-state index is 11.5. The molecule has 0 aliphatic heterocycles. The van der Waals surface area contributed by atoms with Crippen LogP contribution in [-0.4, -0.2) is 156 Å². The molecule has 0 aromatic carbocycles. The van der Waals surface area contributed by atoms with Crippen molar-refractivity contribution < 1.29 is 71.6 Å². The molecule has 15 heteroatoms. The standard InChI is InChI=1S/C27H50O15/c1-32-27(31)24-41-21-20-39-17-16-37-13-12-35-9-8-33-6-7-34-10-11-36-14-15-38-18-19-40-22-23-42-26(30)5-3-2-4-25(28)29/h2-24H2,1H3,(H,28,29). The first-order chi connectivity index (χ1) is 20.6. The Kier molecular flexibility index (Phi) is 32.0. The van der Waals surface area contributed by atoms with Crippen LogP contribution >= 0.6 is 0 Å². The van der Waals surface area contributed by atoms with E-state index in [4.69, 9.17) is 52.5 Å². The molecule has 0 heterocycles. The topological polar surface area (TPSA) is 173 Å². The van der Waals surface area contributed by atoms with E-state index in [-0.39, 0.29) is 38.6 Å². The van der Waals surface area contributed by atoms with Crippen LogP contribution in [-0.2, 0) is 66.5 Å². The van der Waals surface area contributed by atoms with Crippen LogP contribution in [0.4, 0.5) is 0 Å². The number of carbonyl (C=O) groups is 3. The number of unbranched alkanes of at least 4 members (excludes halogenated alkanes) is 1. The Balaban J connectivity index is 3.11. The zero-order valence-electron chi connectivity index (χ0n) is 24.9. The average Bonchev–Trinajstić information content (AvgIpc) is 2.98. The summed E-state index contributed by atoms with van der Waals surface area (Å²) in [6.07, 6.45) is 1.22.